The van der Waals surface area contributed by atoms with Gasteiger partial charge in [-0.3, -0.25) is 9.59 Å². The number of rotatable bonds is 7. The number of amides is 2. The standard InChI is InChI=1S/C17H17F3N6O2S/c1-10-13(9-29-25-10)16(28)22-7-12-8-26-14(24-12)4-11(6-23-26)5-21-15(27)2-3-17(18,19)20/h4,6,8-9H,2-3,5,7H2,1H3,(H,21,27)(H,22,28). The molecule has 12 heteroatoms. The number of halogens is 3. The van der Waals surface area contributed by atoms with Crippen molar-refractivity contribution in [3.63, 3.8) is 0 Å². The number of imidazole rings is 1. The molecule has 0 bridgehead atoms. The van der Waals surface area contributed by atoms with E-state index in [1.807, 2.05) is 0 Å². The highest BCUT2D eigenvalue weighted by atomic mass is 32.1. The largest absolute Gasteiger partial charge is 0.389 e. The van der Waals surface area contributed by atoms with Crippen molar-refractivity contribution < 1.29 is 22.8 Å². The van der Waals surface area contributed by atoms with E-state index in [9.17, 15) is 22.8 Å². The summed E-state index contributed by atoms with van der Waals surface area (Å²) in [5.74, 6) is -0.935. The first kappa shape index (κ1) is 20.7. The molecule has 3 aromatic rings. The Hall–Kier alpha value is -3.02. The SMILES string of the molecule is Cc1nscc1C(=O)NCc1cn2ncc(CNC(=O)CCC(F)(F)F)cc2n1. The maximum absolute atomic E-state index is 12.1. The van der Waals surface area contributed by atoms with Crippen LogP contribution < -0.4 is 10.6 Å². The normalized spacial score (nSPS) is 11.6. The summed E-state index contributed by atoms with van der Waals surface area (Å²) in [6.45, 7) is 1.99. The molecule has 2 N–H and O–H groups in total. The summed E-state index contributed by atoms with van der Waals surface area (Å²) < 4.78 is 42.0. The summed E-state index contributed by atoms with van der Waals surface area (Å²) in [4.78, 5) is 28.0. The van der Waals surface area contributed by atoms with Gasteiger partial charge < -0.3 is 10.6 Å². The van der Waals surface area contributed by atoms with E-state index in [-0.39, 0.29) is 19.0 Å². The van der Waals surface area contributed by atoms with Crippen LogP contribution in [0.1, 0.15) is 40.2 Å². The van der Waals surface area contributed by atoms with Gasteiger partial charge in [0.1, 0.15) is 0 Å². The van der Waals surface area contributed by atoms with E-state index in [2.05, 4.69) is 25.1 Å². The second-order valence-electron chi connectivity index (χ2n) is 6.29. The number of fused-ring (bicyclic) bond motifs is 1. The van der Waals surface area contributed by atoms with Gasteiger partial charge in [-0.1, -0.05) is 0 Å². The number of carbonyl (C=O) groups is 2. The topological polar surface area (TPSA) is 101 Å². The summed E-state index contributed by atoms with van der Waals surface area (Å²) in [7, 11) is 0. The molecule has 0 saturated heterocycles. The number of alkyl halides is 3. The average Bonchev–Trinajstić information content (AvgIpc) is 3.27. The molecule has 29 heavy (non-hydrogen) atoms. The molecule has 0 radical (unpaired) electrons. The average molecular weight is 426 g/mol. The van der Waals surface area contributed by atoms with Crippen molar-refractivity contribution >= 4 is 29.0 Å². The molecule has 3 heterocycles. The molecule has 3 rings (SSSR count). The Morgan fingerprint density at radius 3 is 2.72 bits per heavy atom. The van der Waals surface area contributed by atoms with Crippen molar-refractivity contribution in [3.8, 4) is 0 Å². The molecular formula is C17H17F3N6O2S. The lowest BCUT2D eigenvalue weighted by molar-refractivity contribution is -0.144. The maximum atomic E-state index is 12.1. The number of nitrogens with one attached hydrogen (secondary N) is 2. The lowest BCUT2D eigenvalue weighted by Gasteiger charge is -2.07. The number of nitrogens with zero attached hydrogens (tertiary/aromatic N) is 4. The van der Waals surface area contributed by atoms with Gasteiger partial charge in [0.15, 0.2) is 5.65 Å². The van der Waals surface area contributed by atoms with E-state index in [0.29, 0.717) is 28.2 Å². The third-order valence-corrected chi connectivity index (χ3v) is 4.70. The molecule has 0 fully saturated rings. The molecule has 8 nitrogen and oxygen atoms in total. The molecule has 0 saturated carbocycles. The smallest absolute Gasteiger partial charge is 0.352 e. The second kappa shape index (κ2) is 8.55. The van der Waals surface area contributed by atoms with Gasteiger partial charge in [-0.15, -0.1) is 0 Å². The van der Waals surface area contributed by atoms with E-state index >= 15 is 0 Å². The van der Waals surface area contributed by atoms with Crippen LogP contribution in [0.2, 0.25) is 0 Å². The number of aromatic nitrogens is 4. The van der Waals surface area contributed by atoms with Crippen LogP contribution in [-0.2, 0) is 17.9 Å². The van der Waals surface area contributed by atoms with Crippen LogP contribution in [0.3, 0.4) is 0 Å². The monoisotopic (exact) mass is 426 g/mol. The summed E-state index contributed by atoms with van der Waals surface area (Å²) in [6.07, 6.45) is -3.00. The first-order valence-corrected chi connectivity index (χ1v) is 9.41. The lowest BCUT2D eigenvalue weighted by Crippen LogP contribution is -2.24. The molecule has 0 spiro atoms. The van der Waals surface area contributed by atoms with Crippen molar-refractivity contribution in [2.45, 2.75) is 39.0 Å². The Morgan fingerprint density at radius 1 is 1.24 bits per heavy atom. The van der Waals surface area contributed by atoms with Gasteiger partial charge in [0.2, 0.25) is 5.91 Å². The van der Waals surface area contributed by atoms with Gasteiger partial charge in [-0.05, 0) is 30.1 Å². The van der Waals surface area contributed by atoms with E-state index in [1.54, 1.807) is 24.6 Å². The van der Waals surface area contributed by atoms with Crippen LogP contribution in [-0.4, -0.2) is 37.0 Å². The molecule has 0 aromatic carbocycles. The number of hydrogen-bond donors (Lipinski definition) is 2. The van der Waals surface area contributed by atoms with Crippen molar-refractivity contribution in [2.24, 2.45) is 0 Å². The van der Waals surface area contributed by atoms with Gasteiger partial charge in [0.25, 0.3) is 5.91 Å². The minimum atomic E-state index is -4.36. The van der Waals surface area contributed by atoms with Gasteiger partial charge in [0, 0.05) is 18.3 Å². The van der Waals surface area contributed by atoms with Gasteiger partial charge >= 0.3 is 6.18 Å². The van der Waals surface area contributed by atoms with Crippen LogP contribution in [0.25, 0.3) is 5.65 Å². The zero-order valence-corrected chi connectivity index (χ0v) is 16.1. The van der Waals surface area contributed by atoms with E-state index < -0.39 is 24.9 Å². The molecule has 0 aliphatic carbocycles. The van der Waals surface area contributed by atoms with Crippen molar-refractivity contribution in [3.05, 3.63) is 46.4 Å². The summed E-state index contributed by atoms with van der Waals surface area (Å²) in [5.41, 5.74) is 2.84. The predicted molar refractivity (Wildman–Crippen MR) is 98.1 cm³/mol. The Bertz CT molecular complexity index is 1030. The van der Waals surface area contributed by atoms with E-state index in [1.165, 1.54) is 22.2 Å². The fourth-order valence-corrected chi connectivity index (χ4v) is 3.16. The van der Waals surface area contributed by atoms with Crippen molar-refractivity contribution in [1.29, 1.82) is 0 Å². The van der Waals surface area contributed by atoms with Gasteiger partial charge in [0.05, 0.1) is 42.3 Å². The molecule has 0 aliphatic heterocycles. The van der Waals surface area contributed by atoms with Crippen LogP contribution >= 0.6 is 11.5 Å². The molecule has 3 aromatic heterocycles. The zero-order chi connectivity index (χ0) is 21.0. The second-order valence-corrected chi connectivity index (χ2v) is 6.92. The fraction of sp³-hybridized carbons (Fsp3) is 0.353. The fourth-order valence-electron chi connectivity index (χ4n) is 2.47. The number of carbonyl (C=O) groups excluding carboxylic acids is 2. The molecule has 2 amide bonds. The number of hydrogen-bond acceptors (Lipinski definition) is 6. The summed E-state index contributed by atoms with van der Waals surface area (Å²) in [5, 5.41) is 11.0. The maximum Gasteiger partial charge on any atom is 0.389 e. The Balaban J connectivity index is 1.56. The molecule has 154 valence electrons. The highest BCUT2D eigenvalue weighted by Crippen LogP contribution is 2.21. The van der Waals surface area contributed by atoms with Crippen LogP contribution in [0.5, 0.6) is 0 Å². The Morgan fingerprint density at radius 2 is 2.03 bits per heavy atom. The van der Waals surface area contributed by atoms with Crippen LogP contribution in [0, 0.1) is 6.92 Å². The third-order valence-electron chi connectivity index (χ3n) is 3.98. The molecule has 0 atom stereocenters. The minimum Gasteiger partial charge on any atom is -0.352 e. The number of aryl methyl sites for hydroxylation is 1. The van der Waals surface area contributed by atoms with Crippen LogP contribution in [0.15, 0.2) is 23.8 Å². The molecular weight excluding hydrogens is 409 g/mol. The minimum absolute atomic E-state index is 0.0452. The highest BCUT2D eigenvalue weighted by Gasteiger charge is 2.27. The van der Waals surface area contributed by atoms with Crippen molar-refractivity contribution in [2.75, 3.05) is 0 Å². The first-order valence-electron chi connectivity index (χ1n) is 8.57. The van der Waals surface area contributed by atoms with E-state index in [4.69, 9.17) is 0 Å². The van der Waals surface area contributed by atoms with Gasteiger partial charge in [-0.25, -0.2) is 9.50 Å². The van der Waals surface area contributed by atoms with Crippen LogP contribution in [0.4, 0.5) is 13.2 Å². The summed E-state index contributed by atoms with van der Waals surface area (Å²) >= 11 is 1.21. The van der Waals surface area contributed by atoms with Gasteiger partial charge in [-0.2, -0.15) is 22.6 Å². The highest BCUT2D eigenvalue weighted by molar-refractivity contribution is 7.03. The quantitative estimate of drug-likeness (QED) is 0.604. The van der Waals surface area contributed by atoms with E-state index in [0.717, 1.165) is 0 Å². The Kier molecular flexibility index (Phi) is 6.11. The Labute approximate surface area is 167 Å². The summed E-state index contributed by atoms with van der Waals surface area (Å²) in [6, 6.07) is 1.66. The molecule has 0 aliphatic rings. The third kappa shape index (κ3) is 5.73. The molecule has 0 unspecified atom stereocenters. The lowest BCUT2D eigenvalue weighted by atomic mass is 10.2. The zero-order valence-electron chi connectivity index (χ0n) is 15.3. The van der Waals surface area contributed by atoms with Crippen molar-refractivity contribution in [1.82, 2.24) is 29.6 Å². The predicted octanol–water partition coefficient (Wildman–Crippen LogP) is 2.38. The first-order chi connectivity index (χ1) is 13.7.